The monoisotopic (exact) mass is 415 g/mol. The summed E-state index contributed by atoms with van der Waals surface area (Å²) in [5.41, 5.74) is 2.43. The molecule has 0 aliphatic carbocycles. The lowest BCUT2D eigenvalue weighted by Crippen LogP contribution is -1.96. The van der Waals surface area contributed by atoms with Gasteiger partial charge in [0.25, 0.3) is 0 Å². The van der Waals surface area contributed by atoms with Gasteiger partial charge in [0, 0.05) is 5.02 Å². The van der Waals surface area contributed by atoms with Crippen LogP contribution < -0.4 is 0 Å². The van der Waals surface area contributed by atoms with Crippen molar-refractivity contribution in [2.75, 3.05) is 0 Å². The minimum absolute atomic E-state index is 0.499. The van der Waals surface area contributed by atoms with Gasteiger partial charge >= 0.3 is 0 Å². The molecule has 0 bridgehead atoms. The molecule has 15 heavy (non-hydrogen) atoms. The molecule has 80 valence electrons. The van der Waals surface area contributed by atoms with Gasteiger partial charge in [0.1, 0.15) is 5.52 Å². The Morgan fingerprint density at radius 2 is 2.00 bits per heavy atom. The van der Waals surface area contributed by atoms with Crippen LogP contribution in [0.25, 0.3) is 11.1 Å². The van der Waals surface area contributed by atoms with Crippen LogP contribution in [0.15, 0.2) is 16.5 Å². The molecular formula is C9H5Br3ClNO. The molecule has 0 spiro atoms. The largest absolute Gasteiger partial charge is 0.437 e. The molecule has 0 aliphatic rings. The van der Waals surface area contributed by atoms with E-state index in [0.717, 1.165) is 16.7 Å². The highest BCUT2D eigenvalue weighted by Gasteiger charge is 2.27. The fourth-order valence-electron chi connectivity index (χ4n) is 1.17. The topological polar surface area (TPSA) is 26.0 Å². The van der Waals surface area contributed by atoms with Gasteiger partial charge in [-0.2, -0.15) is 0 Å². The number of aromatic nitrogens is 1. The van der Waals surface area contributed by atoms with Crippen LogP contribution in [0.4, 0.5) is 0 Å². The number of nitrogens with zero attached hydrogens (tertiary/aromatic N) is 1. The molecule has 1 aromatic carbocycles. The first-order valence-electron chi connectivity index (χ1n) is 4.02. The molecule has 0 unspecified atom stereocenters. The van der Waals surface area contributed by atoms with Crippen molar-refractivity contribution in [3.05, 3.63) is 28.6 Å². The molecule has 0 fully saturated rings. The SMILES string of the molecule is Cc1cc2oc(C(Br)(Br)Br)nc2cc1Cl. The maximum absolute atomic E-state index is 5.99. The van der Waals surface area contributed by atoms with E-state index in [9.17, 15) is 0 Å². The molecule has 0 saturated carbocycles. The van der Waals surface area contributed by atoms with E-state index in [-0.39, 0.29) is 0 Å². The highest BCUT2D eigenvalue weighted by Crippen LogP contribution is 2.44. The minimum Gasteiger partial charge on any atom is -0.437 e. The smallest absolute Gasteiger partial charge is 0.234 e. The Labute approximate surface area is 117 Å². The number of aryl methyl sites for hydroxylation is 1. The molecule has 0 N–H and O–H groups in total. The summed E-state index contributed by atoms with van der Waals surface area (Å²) in [6.07, 6.45) is 0. The van der Waals surface area contributed by atoms with E-state index >= 15 is 0 Å². The van der Waals surface area contributed by atoms with Gasteiger partial charge in [0.2, 0.25) is 8.03 Å². The van der Waals surface area contributed by atoms with E-state index in [1.807, 2.05) is 13.0 Å². The van der Waals surface area contributed by atoms with Gasteiger partial charge in [0.15, 0.2) is 5.58 Å². The van der Waals surface area contributed by atoms with Gasteiger partial charge in [-0.15, -0.1) is 0 Å². The molecule has 0 radical (unpaired) electrons. The lowest BCUT2D eigenvalue weighted by atomic mass is 10.2. The number of benzene rings is 1. The summed E-state index contributed by atoms with van der Waals surface area (Å²) in [5.74, 6) is 0.499. The van der Waals surface area contributed by atoms with Crippen LogP contribution in [-0.4, -0.2) is 4.98 Å². The van der Waals surface area contributed by atoms with E-state index in [2.05, 4.69) is 52.8 Å². The third-order valence-electron chi connectivity index (χ3n) is 1.91. The molecular weight excluding hydrogens is 413 g/mol. The molecule has 2 nitrogen and oxygen atoms in total. The van der Waals surface area contributed by atoms with E-state index < -0.39 is 2.14 Å². The fourth-order valence-corrected chi connectivity index (χ4v) is 1.84. The van der Waals surface area contributed by atoms with Crippen molar-refractivity contribution in [3.63, 3.8) is 0 Å². The second kappa shape index (κ2) is 4.02. The molecule has 2 aromatic rings. The predicted octanol–water partition coefficient (Wildman–Crippen LogP) is 5.08. The van der Waals surface area contributed by atoms with Crippen molar-refractivity contribution in [2.45, 2.75) is 9.07 Å². The van der Waals surface area contributed by atoms with E-state index in [4.69, 9.17) is 16.0 Å². The lowest BCUT2D eigenvalue weighted by Gasteiger charge is -2.04. The Hall–Kier alpha value is 0.420. The first kappa shape index (κ1) is 11.9. The van der Waals surface area contributed by atoms with Gasteiger partial charge in [-0.3, -0.25) is 0 Å². The highest BCUT2D eigenvalue weighted by molar-refractivity contribution is 9.38. The molecule has 1 aromatic heterocycles. The van der Waals surface area contributed by atoms with Crippen LogP contribution >= 0.6 is 59.4 Å². The van der Waals surface area contributed by atoms with Gasteiger partial charge in [-0.05, 0) is 72.4 Å². The summed E-state index contributed by atoms with van der Waals surface area (Å²) in [5, 5.41) is 0.687. The van der Waals surface area contributed by atoms with Crippen LogP contribution in [0.3, 0.4) is 0 Å². The normalized spacial score (nSPS) is 12.3. The van der Waals surface area contributed by atoms with Crippen molar-refractivity contribution >= 4 is 70.5 Å². The second-order valence-electron chi connectivity index (χ2n) is 3.09. The molecule has 6 heteroatoms. The lowest BCUT2D eigenvalue weighted by molar-refractivity contribution is 0.551. The van der Waals surface area contributed by atoms with Crippen LogP contribution in [0, 0.1) is 6.92 Å². The van der Waals surface area contributed by atoms with Crippen LogP contribution in [0.1, 0.15) is 11.5 Å². The number of hydrogen-bond donors (Lipinski definition) is 0. The number of halogens is 4. The number of alkyl halides is 3. The Morgan fingerprint density at radius 3 is 2.60 bits per heavy atom. The average Bonchev–Trinajstić information content (AvgIpc) is 2.47. The quantitative estimate of drug-likeness (QED) is 0.558. The summed E-state index contributed by atoms with van der Waals surface area (Å²) in [4.78, 5) is 4.29. The Morgan fingerprint density at radius 1 is 1.33 bits per heavy atom. The number of hydrogen-bond acceptors (Lipinski definition) is 2. The van der Waals surface area contributed by atoms with Crippen molar-refractivity contribution in [3.8, 4) is 0 Å². The summed E-state index contributed by atoms with van der Waals surface area (Å²) >= 11 is 16.0. The zero-order valence-corrected chi connectivity index (χ0v) is 13.0. The maximum atomic E-state index is 5.99. The predicted molar refractivity (Wildman–Crippen MR) is 72.2 cm³/mol. The van der Waals surface area contributed by atoms with E-state index in [0.29, 0.717) is 10.9 Å². The molecule has 1 heterocycles. The van der Waals surface area contributed by atoms with Crippen LogP contribution in [0.2, 0.25) is 5.02 Å². The van der Waals surface area contributed by atoms with Gasteiger partial charge in [0.05, 0.1) is 0 Å². The number of rotatable bonds is 0. The number of fused-ring (bicyclic) bond motifs is 1. The maximum Gasteiger partial charge on any atom is 0.234 e. The minimum atomic E-state index is -0.633. The molecule has 0 atom stereocenters. The summed E-state index contributed by atoms with van der Waals surface area (Å²) in [7, 11) is 0. The van der Waals surface area contributed by atoms with Gasteiger partial charge in [-0.25, -0.2) is 4.98 Å². The third kappa shape index (κ3) is 2.40. The van der Waals surface area contributed by atoms with Crippen molar-refractivity contribution in [2.24, 2.45) is 0 Å². The Kier molecular flexibility index (Phi) is 3.19. The number of oxazole rings is 1. The zero-order valence-electron chi connectivity index (χ0n) is 7.52. The summed E-state index contributed by atoms with van der Waals surface area (Å²) < 4.78 is 4.93. The van der Waals surface area contributed by atoms with Crippen molar-refractivity contribution < 1.29 is 4.42 Å². The third-order valence-corrected chi connectivity index (χ3v) is 3.34. The van der Waals surface area contributed by atoms with Crippen LogP contribution in [0.5, 0.6) is 0 Å². The highest BCUT2D eigenvalue weighted by atomic mass is 80.0. The zero-order chi connectivity index (χ0) is 11.2. The van der Waals surface area contributed by atoms with Gasteiger partial charge in [-0.1, -0.05) is 11.6 Å². The van der Waals surface area contributed by atoms with Crippen molar-refractivity contribution in [1.82, 2.24) is 4.98 Å². The molecule has 0 saturated heterocycles. The van der Waals surface area contributed by atoms with Gasteiger partial charge < -0.3 is 4.42 Å². The molecule has 2 rings (SSSR count). The fraction of sp³-hybridized carbons (Fsp3) is 0.222. The summed E-state index contributed by atoms with van der Waals surface area (Å²) in [6.45, 7) is 1.92. The molecule has 0 aliphatic heterocycles. The first-order valence-corrected chi connectivity index (χ1v) is 6.77. The van der Waals surface area contributed by atoms with E-state index in [1.165, 1.54) is 0 Å². The Balaban J connectivity index is 2.66. The molecule has 0 amide bonds. The average molecular weight is 418 g/mol. The first-order chi connectivity index (χ1) is 6.88. The van der Waals surface area contributed by atoms with Crippen molar-refractivity contribution in [1.29, 1.82) is 0 Å². The van der Waals surface area contributed by atoms with E-state index in [1.54, 1.807) is 6.07 Å². The Bertz CT molecular complexity index is 479. The van der Waals surface area contributed by atoms with Crippen LogP contribution in [-0.2, 0) is 2.14 Å². The second-order valence-corrected chi connectivity index (χ2v) is 10.3. The summed E-state index contributed by atoms with van der Waals surface area (Å²) in [6, 6.07) is 3.66. The standard InChI is InChI=1S/C9H5Br3ClNO/c1-4-2-7-6(3-5(4)13)14-8(15-7)9(10,11)12/h2-3H,1H3.